The van der Waals surface area contributed by atoms with E-state index in [2.05, 4.69) is 48.8 Å². The van der Waals surface area contributed by atoms with Gasteiger partial charge in [0.15, 0.2) is 0 Å². The van der Waals surface area contributed by atoms with E-state index in [1.807, 2.05) is 33.0 Å². The second-order valence-corrected chi connectivity index (χ2v) is 4.18. The highest BCUT2D eigenvalue weighted by Crippen LogP contribution is 2.24. The molecule has 0 amide bonds. The molecule has 0 aliphatic rings. The van der Waals surface area contributed by atoms with Gasteiger partial charge in [-0.2, -0.15) is 0 Å². The second-order valence-electron chi connectivity index (χ2n) is 4.18. The van der Waals surface area contributed by atoms with E-state index < -0.39 is 0 Å². The zero-order valence-corrected chi connectivity index (χ0v) is 11.5. The number of nitrogens with one attached hydrogen (secondary N) is 1. The van der Waals surface area contributed by atoms with Crippen molar-refractivity contribution in [2.75, 3.05) is 12.4 Å². The third kappa shape index (κ3) is 3.49. The molecule has 0 heterocycles. The number of allylic oxidation sites excluding steroid dienone is 5. The molecule has 0 aliphatic heterocycles. The molecule has 0 atom stereocenters. The van der Waals surface area contributed by atoms with Crippen LogP contribution in [0.25, 0.3) is 11.6 Å². The van der Waals surface area contributed by atoms with Gasteiger partial charge in [0.2, 0.25) is 0 Å². The molecule has 0 spiro atoms. The minimum Gasteiger partial charge on any atom is -0.388 e. The second kappa shape index (κ2) is 6.65. The summed E-state index contributed by atoms with van der Waals surface area (Å²) in [5.41, 5.74) is 5.62. The summed E-state index contributed by atoms with van der Waals surface area (Å²) in [6.07, 6.45) is 8.07. The van der Waals surface area contributed by atoms with Crippen molar-refractivity contribution in [1.29, 1.82) is 0 Å². The Hall–Kier alpha value is -2.02. The average Bonchev–Trinajstić information content (AvgIpc) is 2.38. The molecule has 0 saturated heterocycles. The molecule has 1 N–H and O–H groups in total. The summed E-state index contributed by atoms with van der Waals surface area (Å²) in [7, 11) is 1.92. The van der Waals surface area contributed by atoms with Gasteiger partial charge in [0.1, 0.15) is 0 Å². The number of anilines is 1. The third-order valence-electron chi connectivity index (χ3n) is 2.73. The average molecular weight is 239 g/mol. The van der Waals surface area contributed by atoms with Crippen molar-refractivity contribution in [3.05, 3.63) is 66.3 Å². The molecule has 0 aromatic heterocycles. The van der Waals surface area contributed by atoms with E-state index in [9.17, 15) is 0 Å². The van der Waals surface area contributed by atoms with E-state index >= 15 is 0 Å². The molecule has 1 nitrogen and oxygen atoms in total. The normalized spacial score (nSPS) is 11.6. The maximum Gasteiger partial charge on any atom is 0.0417 e. The number of hydrogen-bond donors (Lipinski definition) is 1. The topological polar surface area (TPSA) is 12.0 Å². The lowest BCUT2D eigenvalue weighted by Crippen LogP contribution is -1.93. The van der Waals surface area contributed by atoms with E-state index in [0.717, 1.165) is 16.8 Å². The fourth-order valence-electron chi connectivity index (χ4n) is 1.72. The zero-order chi connectivity index (χ0) is 13.5. The highest BCUT2D eigenvalue weighted by molar-refractivity contribution is 5.79. The molecular weight excluding hydrogens is 218 g/mol. The molecule has 1 heteroatoms. The number of benzene rings is 1. The van der Waals surface area contributed by atoms with Gasteiger partial charge in [-0.1, -0.05) is 55.2 Å². The van der Waals surface area contributed by atoms with E-state index in [-0.39, 0.29) is 0 Å². The zero-order valence-electron chi connectivity index (χ0n) is 11.5. The Bertz CT molecular complexity index is 504. The lowest BCUT2D eigenvalue weighted by molar-refractivity contribution is 1.47. The van der Waals surface area contributed by atoms with E-state index in [4.69, 9.17) is 0 Å². The van der Waals surface area contributed by atoms with Crippen LogP contribution in [0.1, 0.15) is 25.0 Å². The van der Waals surface area contributed by atoms with Crippen molar-refractivity contribution in [2.24, 2.45) is 0 Å². The summed E-state index contributed by atoms with van der Waals surface area (Å²) in [6, 6.07) is 6.32. The predicted octanol–water partition coefficient (Wildman–Crippen LogP) is 4.91. The highest BCUT2D eigenvalue weighted by Gasteiger charge is 2.02. The van der Waals surface area contributed by atoms with Crippen LogP contribution >= 0.6 is 0 Å². The fourth-order valence-corrected chi connectivity index (χ4v) is 1.72. The van der Waals surface area contributed by atoms with Gasteiger partial charge < -0.3 is 5.32 Å². The van der Waals surface area contributed by atoms with Crippen molar-refractivity contribution < 1.29 is 0 Å². The Balaban J connectivity index is 3.16. The van der Waals surface area contributed by atoms with Crippen LogP contribution in [0.2, 0.25) is 0 Å². The van der Waals surface area contributed by atoms with Crippen LogP contribution in [0, 0.1) is 0 Å². The van der Waals surface area contributed by atoms with Gasteiger partial charge in [-0.3, -0.25) is 0 Å². The van der Waals surface area contributed by atoms with E-state index in [0.29, 0.717) is 0 Å². The Morgan fingerprint density at radius 3 is 2.50 bits per heavy atom. The molecule has 0 saturated carbocycles. The third-order valence-corrected chi connectivity index (χ3v) is 2.73. The molecule has 1 aromatic carbocycles. The SMILES string of the molecule is C=Cc1ccc(C(/C=C\C(=C)C)=C/C)cc1NC. The first-order valence-corrected chi connectivity index (χ1v) is 6.07. The summed E-state index contributed by atoms with van der Waals surface area (Å²) >= 11 is 0. The molecule has 18 heavy (non-hydrogen) atoms. The van der Waals surface area contributed by atoms with Crippen molar-refractivity contribution in [3.63, 3.8) is 0 Å². The van der Waals surface area contributed by atoms with Gasteiger partial charge in [-0.25, -0.2) is 0 Å². The molecule has 1 aromatic rings. The molecule has 0 fully saturated rings. The molecule has 0 unspecified atom stereocenters. The fraction of sp³-hybridized carbons (Fsp3) is 0.176. The first-order valence-electron chi connectivity index (χ1n) is 6.07. The van der Waals surface area contributed by atoms with Gasteiger partial charge in [0.25, 0.3) is 0 Å². The van der Waals surface area contributed by atoms with Crippen molar-refractivity contribution in [1.82, 2.24) is 0 Å². The van der Waals surface area contributed by atoms with Crippen LogP contribution in [0.15, 0.2) is 55.2 Å². The number of hydrogen-bond acceptors (Lipinski definition) is 1. The lowest BCUT2D eigenvalue weighted by Gasteiger charge is -2.09. The molecule has 0 aliphatic carbocycles. The lowest BCUT2D eigenvalue weighted by atomic mass is 10.0. The van der Waals surface area contributed by atoms with Crippen LogP contribution in [-0.2, 0) is 0 Å². The smallest absolute Gasteiger partial charge is 0.0417 e. The maximum absolute atomic E-state index is 3.88. The van der Waals surface area contributed by atoms with Crippen LogP contribution in [0.5, 0.6) is 0 Å². The molecular formula is C17H21N. The van der Waals surface area contributed by atoms with Crippen LogP contribution in [0.3, 0.4) is 0 Å². The largest absolute Gasteiger partial charge is 0.388 e. The Morgan fingerprint density at radius 2 is 2.00 bits per heavy atom. The summed E-state index contributed by atoms with van der Waals surface area (Å²) in [5, 5.41) is 3.19. The van der Waals surface area contributed by atoms with Crippen molar-refractivity contribution in [3.8, 4) is 0 Å². The first-order chi connectivity index (χ1) is 8.62. The first kappa shape index (κ1) is 14.0. The molecule has 94 valence electrons. The Morgan fingerprint density at radius 1 is 1.28 bits per heavy atom. The number of rotatable bonds is 5. The molecule has 1 rings (SSSR count). The van der Waals surface area contributed by atoms with Gasteiger partial charge in [-0.05, 0) is 36.6 Å². The summed E-state index contributed by atoms with van der Waals surface area (Å²) in [6.45, 7) is 11.7. The molecule has 0 radical (unpaired) electrons. The quantitative estimate of drug-likeness (QED) is 0.720. The predicted molar refractivity (Wildman–Crippen MR) is 83.7 cm³/mol. The van der Waals surface area contributed by atoms with E-state index in [1.165, 1.54) is 11.1 Å². The van der Waals surface area contributed by atoms with Crippen LogP contribution < -0.4 is 5.32 Å². The standard InChI is InChI=1S/C17H21N/c1-6-14(9-8-13(3)4)16-11-10-15(7-2)17(12-16)18-5/h6-12,18H,2-3H2,1,4-5H3/b9-8-,14-6+. The van der Waals surface area contributed by atoms with Crippen molar-refractivity contribution in [2.45, 2.75) is 13.8 Å². The van der Waals surface area contributed by atoms with Gasteiger partial charge in [0.05, 0.1) is 0 Å². The summed E-state index contributed by atoms with van der Waals surface area (Å²) in [4.78, 5) is 0. The maximum atomic E-state index is 3.88. The minimum absolute atomic E-state index is 1.05. The van der Waals surface area contributed by atoms with Crippen LogP contribution in [0.4, 0.5) is 5.69 Å². The Labute approximate surface area is 110 Å². The van der Waals surface area contributed by atoms with Gasteiger partial charge >= 0.3 is 0 Å². The van der Waals surface area contributed by atoms with E-state index in [1.54, 1.807) is 0 Å². The van der Waals surface area contributed by atoms with Crippen molar-refractivity contribution >= 4 is 17.3 Å². The summed E-state index contributed by atoms with van der Waals surface area (Å²) < 4.78 is 0. The van der Waals surface area contributed by atoms with Gasteiger partial charge in [0, 0.05) is 12.7 Å². The molecule has 0 bridgehead atoms. The van der Waals surface area contributed by atoms with Crippen LogP contribution in [-0.4, -0.2) is 7.05 Å². The summed E-state index contributed by atoms with van der Waals surface area (Å²) in [5.74, 6) is 0. The highest BCUT2D eigenvalue weighted by atomic mass is 14.8. The van der Waals surface area contributed by atoms with Gasteiger partial charge in [-0.15, -0.1) is 0 Å². The minimum atomic E-state index is 1.05. The Kier molecular flexibility index (Phi) is 5.19. The monoisotopic (exact) mass is 239 g/mol.